The number of rotatable bonds is 5. The summed E-state index contributed by atoms with van der Waals surface area (Å²) in [6, 6.07) is 14.9. The molecule has 1 N–H and O–H groups in total. The molecule has 1 heterocycles. The van der Waals surface area contributed by atoms with E-state index in [4.69, 9.17) is 9.47 Å². The summed E-state index contributed by atoms with van der Waals surface area (Å²) in [4.78, 5) is 2.54. The van der Waals surface area contributed by atoms with Gasteiger partial charge in [-0.05, 0) is 36.2 Å². The summed E-state index contributed by atoms with van der Waals surface area (Å²) >= 11 is 3.76. The molecule has 4 nitrogen and oxygen atoms in total. The largest absolute Gasteiger partial charge is 0.493 e. The second-order valence-corrected chi connectivity index (χ2v) is 7.04. The summed E-state index contributed by atoms with van der Waals surface area (Å²) in [6.07, 6.45) is 1.15. The van der Waals surface area contributed by atoms with Crippen LogP contribution in [0.1, 0.15) is 23.6 Å². The molecule has 0 aromatic heterocycles. The molecular formula is C20H25BrN2O2. The van der Waals surface area contributed by atoms with Gasteiger partial charge in [0.05, 0.1) is 20.3 Å². The predicted octanol–water partition coefficient (Wildman–Crippen LogP) is 3.85. The van der Waals surface area contributed by atoms with E-state index >= 15 is 0 Å². The normalized spacial score (nSPS) is 16.9. The first-order valence-electron chi connectivity index (χ1n) is 8.65. The highest BCUT2D eigenvalue weighted by atomic mass is 79.9. The summed E-state index contributed by atoms with van der Waals surface area (Å²) in [6.45, 7) is 4.16. The molecule has 1 atom stereocenters. The van der Waals surface area contributed by atoms with Gasteiger partial charge >= 0.3 is 0 Å². The van der Waals surface area contributed by atoms with Gasteiger partial charge in [-0.3, -0.25) is 4.90 Å². The predicted molar refractivity (Wildman–Crippen MR) is 105 cm³/mol. The first-order chi connectivity index (χ1) is 12.2. The Bertz CT molecular complexity index is 686. The lowest BCUT2D eigenvalue weighted by molar-refractivity contribution is 0.239. The van der Waals surface area contributed by atoms with Crippen molar-refractivity contribution in [3.63, 3.8) is 0 Å². The third kappa shape index (κ3) is 4.17. The van der Waals surface area contributed by atoms with Crippen molar-refractivity contribution < 1.29 is 9.47 Å². The smallest absolute Gasteiger partial charge is 0.161 e. The number of halogens is 1. The van der Waals surface area contributed by atoms with E-state index < -0.39 is 0 Å². The average Bonchev–Trinajstić information content (AvgIpc) is 2.93. The Morgan fingerprint density at radius 2 is 1.72 bits per heavy atom. The Hall–Kier alpha value is -1.56. The average molecular weight is 405 g/mol. The summed E-state index contributed by atoms with van der Waals surface area (Å²) in [7, 11) is 3.35. The van der Waals surface area contributed by atoms with E-state index in [2.05, 4.69) is 62.5 Å². The van der Waals surface area contributed by atoms with E-state index in [1.165, 1.54) is 11.1 Å². The molecule has 0 saturated carbocycles. The van der Waals surface area contributed by atoms with E-state index in [-0.39, 0.29) is 6.04 Å². The van der Waals surface area contributed by atoms with Crippen molar-refractivity contribution in [2.75, 3.05) is 40.4 Å². The zero-order chi connectivity index (χ0) is 17.6. The van der Waals surface area contributed by atoms with Crippen LogP contribution >= 0.6 is 15.9 Å². The Morgan fingerprint density at radius 1 is 1.00 bits per heavy atom. The van der Waals surface area contributed by atoms with Gasteiger partial charge in [0.2, 0.25) is 0 Å². The van der Waals surface area contributed by atoms with Gasteiger partial charge in [0.1, 0.15) is 0 Å². The molecule has 134 valence electrons. The highest BCUT2D eigenvalue weighted by Crippen LogP contribution is 2.40. The Labute approximate surface area is 158 Å². The molecule has 2 aromatic carbocycles. The SMILES string of the molecule is COc1cc(Br)c(C(c2ccccc2)N2CCCNCC2)cc1OC. The van der Waals surface area contributed by atoms with Gasteiger partial charge in [-0.2, -0.15) is 0 Å². The lowest BCUT2D eigenvalue weighted by Crippen LogP contribution is -2.33. The summed E-state index contributed by atoms with van der Waals surface area (Å²) in [5.74, 6) is 1.50. The molecule has 0 aliphatic carbocycles. The Balaban J connectivity index is 2.08. The van der Waals surface area contributed by atoms with Crippen LogP contribution in [0.2, 0.25) is 0 Å². The van der Waals surface area contributed by atoms with Crippen LogP contribution in [-0.2, 0) is 0 Å². The van der Waals surface area contributed by atoms with Gasteiger partial charge in [0, 0.05) is 24.1 Å². The molecule has 1 fully saturated rings. The number of methoxy groups -OCH3 is 2. The molecule has 1 aliphatic rings. The molecule has 0 radical (unpaired) electrons. The van der Waals surface area contributed by atoms with Gasteiger partial charge < -0.3 is 14.8 Å². The summed E-state index contributed by atoms with van der Waals surface area (Å²) in [5.41, 5.74) is 2.49. The zero-order valence-corrected chi connectivity index (χ0v) is 16.4. The fourth-order valence-electron chi connectivity index (χ4n) is 3.43. The minimum atomic E-state index is 0.176. The number of hydrogen-bond acceptors (Lipinski definition) is 4. The van der Waals surface area contributed by atoms with Crippen LogP contribution < -0.4 is 14.8 Å². The van der Waals surface area contributed by atoms with Crippen molar-refractivity contribution in [2.45, 2.75) is 12.5 Å². The highest BCUT2D eigenvalue weighted by Gasteiger charge is 2.26. The van der Waals surface area contributed by atoms with E-state index in [1.807, 2.05) is 6.07 Å². The minimum Gasteiger partial charge on any atom is -0.493 e. The second kappa shape index (κ2) is 8.70. The van der Waals surface area contributed by atoms with Crippen molar-refractivity contribution in [1.82, 2.24) is 10.2 Å². The Morgan fingerprint density at radius 3 is 2.44 bits per heavy atom. The van der Waals surface area contributed by atoms with Gasteiger partial charge in [0.15, 0.2) is 11.5 Å². The maximum absolute atomic E-state index is 5.55. The molecule has 0 amide bonds. The van der Waals surface area contributed by atoms with Crippen molar-refractivity contribution in [2.24, 2.45) is 0 Å². The van der Waals surface area contributed by atoms with Crippen LogP contribution in [0.4, 0.5) is 0 Å². The van der Waals surface area contributed by atoms with Crippen LogP contribution in [0, 0.1) is 0 Å². The van der Waals surface area contributed by atoms with E-state index in [0.717, 1.165) is 48.6 Å². The summed E-state index contributed by atoms with van der Waals surface area (Å²) in [5, 5.41) is 3.49. The third-order valence-electron chi connectivity index (χ3n) is 4.65. The highest BCUT2D eigenvalue weighted by molar-refractivity contribution is 9.10. The standard InChI is InChI=1S/C20H25BrN2O2/c1-24-18-13-16(17(21)14-19(18)25-2)20(15-7-4-3-5-8-15)23-11-6-9-22-10-12-23/h3-5,7-8,13-14,20,22H,6,9-12H2,1-2H3. The number of benzene rings is 2. The first kappa shape index (κ1) is 18.2. The second-order valence-electron chi connectivity index (χ2n) is 6.18. The molecule has 25 heavy (non-hydrogen) atoms. The molecule has 3 rings (SSSR count). The fraction of sp³-hybridized carbons (Fsp3) is 0.400. The van der Waals surface area contributed by atoms with Crippen LogP contribution in [0.3, 0.4) is 0 Å². The van der Waals surface area contributed by atoms with Gasteiger partial charge in [0.25, 0.3) is 0 Å². The van der Waals surface area contributed by atoms with Crippen LogP contribution in [-0.4, -0.2) is 45.3 Å². The van der Waals surface area contributed by atoms with Gasteiger partial charge in [-0.25, -0.2) is 0 Å². The van der Waals surface area contributed by atoms with Crippen LogP contribution in [0.15, 0.2) is 46.9 Å². The van der Waals surface area contributed by atoms with Crippen LogP contribution in [0.25, 0.3) is 0 Å². The molecular weight excluding hydrogens is 380 g/mol. The van der Waals surface area contributed by atoms with Crippen molar-refractivity contribution >= 4 is 15.9 Å². The fourth-order valence-corrected chi connectivity index (χ4v) is 3.97. The lowest BCUT2D eigenvalue weighted by atomic mass is 9.96. The van der Waals surface area contributed by atoms with Gasteiger partial charge in [-0.1, -0.05) is 46.3 Å². The van der Waals surface area contributed by atoms with Crippen molar-refractivity contribution in [3.8, 4) is 11.5 Å². The van der Waals surface area contributed by atoms with E-state index in [9.17, 15) is 0 Å². The number of ether oxygens (including phenoxy) is 2. The number of nitrogens with zero attached hydrogens (tertiary/aromatic N) is 1. The summed E-state index contributed by atoms with van der Waals surface area (Å²) < 4.78 is 12.0. The molecule has 1 unspecified atom stereocenters. The number of nitrogens with one attached hydrogen (secondary N) is 1. The quantitative estimate of drug-likeness (QED) is 0.820. The van der Waals surface area contributed by atoms with Crippen LogP contribution in [0.5, 0.6) is 11.5 Å². The molecule has 1 saturated heterocycles. The lowest BCUT2D eigenvalue weighted by Gasteiger charge is -2.32. The Kier molecular flexibility index (Phi) is 6.34. The topological polar surface area (TPSA) is 33.7 Å². The monoisotopic (exact) mass is 404 g/mol. The molecule has 2 aromatic rings. The van der Waals surface area contributed by atoms with Crippen molar-refractivity contribution in [1.29, 1.82) is 0 Å². The minimum absolute atomic E-state index is 0.176. The van der Waals surface area contributed by atoms with E-state index in [0.29, 0.717) is 0 Å². The molecule has 5 heteroatoms. The maximum atomic E-state index is 5.55. The third-order valence-corrected chi connectivity index (χ3v) is 5.34. The first-order valence-corrected chi connectivity index (χ1v) is 9.45. The zero-order valence-electron chi connectivity index (χ0n) is 14.8. The maximum Gasteiger partial charge on any atom is 0.161 e. The van der Waals surface area contributed by atoms with Gasteiger partial charge in [-0.15, -0.1) is 0 Å². The van der Waals surface area contributed by atoms with Crippen molar-refractivity contribution in [3.05, 3.63) is 58.1 Å². The van der Waals surface area contributed by atoms with E-state index in [1.54, 1.807) is 14.2 Å². The molecule has 0 spiro atoms. The molecule has 1 aliphatic heterocycles. The number of hydrogen-bond donors (Lipinski definition) is 1. The molecule has 0 bridgehead atoms.